The van der Waals surface area contributed by atoms with E-state index >= 15 is 0 Å². The molecule has 0 aromatic rings. The van der Waals surface area contributed by atoms with Gasteiger partial charge < -0.3 is 14.9 Å². The van der Waals surface area contributed by atoms with E-state index in [1.54, 1.807) is 13.8 Å². The molecule has 11 heavy (non-hydrogen) atoms. The first-order chi connectivity index (χ1) is 4.96. The Bertz CT molecular complexity index is 131. The highest BCUT2D eigenvalue weighted by Crippen LogP contribution is 2.31. The Labute approximate surface area is 67.0 Å². The summed E-state index contributed by atoms with van der Waals surface area (Å²) in [5.41, 5.74) is -1.16. The molecule has 0 aromatic heterocycles. The lowest BCUT2D eigenvalue weighted by atomic mass is 9.91. The van der Waals surface area contributed by atoms with Gasteiger partial charge in [0.2, 0.25) is 0 Å². The van der Waals surface area contributed by atoms with Crippen molar-refractivity contribution in [2.75, 3.05) is 6.61 Å². The summed E-state index contributed by atoms with van der Waals surface area (Å²) in [5.74, 6) is -1.33. The molecule has 1 aliphatic rings. The molecule has 1 saturated heterocycles. The smallest absolute Gasteiger partial charge is 0.194 e. The van der Waals surface area contributed by atoms with Crippen LogP contribution in [0.15, 0.2) is 0 Å². The van der Waals surface area contributed by atoms with Crippen LogP contribution in [-0.4, -0.2) is 28.2 Å². The first-order valence-corrected chi connectivity index (χ1v) is 4.04. The molecular formula is C8H16O3. The SMILES string of the molecule is CC(C)(O)C1(O)CCCCO1. The minimum Gasteiger partial charge on any atom is -0.385 e. The van der Waals surface area contributed by atoms with Gasteiger partial charge in [-0.3, -0.25) is 0 Å². The summed E-state index contributed by atoms with van der Waals surface area (Å²) >= 11 is 0. The number of hydrogen-bond acceptors (Lipinski definition) is 3. The minimum atomic E-state index is -1.33. The molecule has 66 valence electrons. The van der Waals surface area contributed by atoms with E-state index in [1.165, 1.54) is 0 Å². The Balaban J connectivity index is 2.64. The van der Waals surface area contributed by atoms with Gasteiger partial charge in [0.05, 0.1) is 6.61 Å². The molecule has 1 heterocycles. The summed E-state index contributed by atoms with van der Waals surface area (Å²) in [6.45, 7) is 3.68. The Morgan fingerprint density at radius 1 is 1.36 bits per heavy atom. The molecule has 0 aliphatic carbocycles. The molecule has 3 nitrogen and oxygen atoms in total. The highest BCUT2D eigenvalue weighted by molar-refractivity contribution is 4.87. The maximum absolute atomic E-state index is 9.74. The number of hydrogen-bond donors (Lipinski definition) is 2. The van der Waals surface area contributed by atoms with Gasteiger partial charge in [-0.1, -0.05) is 0 Å². The lowest BCUT2D eigenvalue weighted by Crippen LogP contribution is -2.53. The van der Waals surface area contributed by atoms with Crippen LogP contribution >= 0.6 is 0 Å². The van der Waals surface area contributed by atoms with Gasteiger partial charge in [-0.05, 0) is 26.7 Å². The number of ether oxygens (including phenoxy) is 1. The van der Waals surface area contributed by atoms with Crippen molar-refractivity contribution < 1.29 is 14.9 Å². The van der Waals surface area contributed by atoms with Gasteiger partial charge in [-0.25, -0.2) is 0 Å². The zero-order valence-corrected chi connectivity index (χ0v) is 7.13. The largest absolute Gasteiger partial charge is 0.385 e. The van der Waals surface area contributed by atoms with E-state index in [1.807, 2.05) is 0 Å². The third-order valence-electron chi connectivity index (χ3n) is 2.21. The lowest BCUT2D eigenvalue weighted by Gasteiger charge is -2.40. The summed E-state index contributed by atoms with van der Waals surface area (Å²) in [5, 5.41) is 19.3. The average molecular weight is 160 g/mol. The second-order valence-electron chi connectivity index (χ2n) is 3.65. The van der Waals surface area contributed by atoms with Gasteiger partial charge >= 0.3 is 0 Å². The van der Waals surface area contributed by atoms with Gasteiger partial charge in [0.15, 0.2) is 5.79 Å². The van der Waals surface area contributed by atoms with E-state index in [9.17, 15) is 10.2 Å². The molecule has 0 aromatic carbocycles. The standard InChI is InChI=1S/C8H16O3/c1-7(2,9)8(10)5-3-4-6-11-8/h9-10H,3-6H2,1-2H3. The predicted molar refractivity (Wildman–Crippen MR) is 41.1 cm³/mol. The van der Waals surface area contributed by atoms with Crippen LogP contribution < -0.4 is 0 Å². The van der Waals surface area contributed by atoms with Crippen LogP contribution in [0.1, 0.15) is 33.1 Å². The van der Waals surface area contributed by atoms with Gasteiger partial charge in [0.25, 0.3) is 0 Å². The zero-order valence-electron chi connectivity index (χ0n) is 7.13. The predicted octanol–water partition coefficient (Wildman–Crippen LogP) is 0.646. The third kappa shape index (κ3) is 1.72. The fourth-order valence-electron chi connectivity index (χ4n) is 1.26. The maximum Gasteiger partial charge on any atom is 0.194 e. The molecule has 0 saturated carbocycles. The molecule has 1 unspecified atom stereocenters. The topological polar surface area (TPSA) is 49.7 Å². The highest BCUT2D eigenvalue weighted by Gasteiger charge is 2.44. The molecule has 0 bridgehead atoms. The quantitative estimate of drug-likeness (QED) is 0.592. The van der Waals surface area contributed by atoms with Crippen molar-refractivity contribution in [2.24, 2.45) is 0 Å². The van der Waals surface area contributed by atoms with Crippen molar-refractivity contribution in [2.45, 2.75) is 44.5 Å². The van der Waals surface area contributed by atoms with Gasteiger partial charge in [-0.15, -0.1) is 0 Å². The first kappa shape index (κ1) is 8.97. The molecule has 1 atom stereocenters. The van der Waals surface area contributed by atoms with Crippen LogP contribution in [0.25, 0.3) is 0 Å². The number of aliphatic hydroxyl groups is 2. The fraction of sp³-hybridized carbons (Fsp3) is 1.00. The summed E-state index contributed by atoms with van der Waals surface area (Å²) in [7, 11) is 0. The van der Waals surface area contributed by atoms with E-state index in [2.05, 4.69) is 0 Å². The summed E-state index contributed by atoms with van der Waals surface area (Å²) in [4.78, 5) is 0. The normalized spacial score (nSPS) is 33.8. The van der Waals surface area contributed by atoms with Crippen LogP contribution in [-0.2, 0) is 4.74 Å². The second-order valence-corrected chi connectivity index (χ2v) is 3.65. The summed E-state index contributed by atoms with van der Waals surface area (Å²) in [6.07, 6.45) is 2.41. The van der Waals surface area contributed by atoms with Crippen LogP contribution in [0, 0.1) is 0 Å². The Kier molecular flexibility index (Phi) is 2.23. The van der Waals surface area contributed by atoms with Gasteiger partial charge in [0, 0.05) is 6.42 Å². The van der Waals surface area contributed by atoms with Crippen LogP contribution in [0.2, 0.25) is 0 Å². The van der Waals surface area contributed by atoms with Crippen molar-refractivity contribution in [1.82, 2.24) is 0 Å². The molecule has 0 radical (unpaired) electrons. The maximum atomic E-state index is 9.74. The molecule has 1 fully saturated rings. The second kappa shape index (κ2) is 2.73. The average Bonchev–Trinajstić information content (AvgIpc) is 1.87. The van der Waals surface area contributed by atoms with Crippen molar-refractivity contribution >= 4 is 0 Å². The highest BCUT2D eigenvalue weighted by atomic mass is 16.6. The lowest BCUT2D eigenvalue weighted by molar-refractivity contribution is -0.303. The minimum absolute atomic E-state index is 0.524. The third-order valence-corrected chi connectivity index (χ3v) is 2.21. The van der Waals surface area contributed by atoms with Gasteiger partial charge in [0.1, 0.15) is 5.60 Å². The van der Waals surface area contributed by atoms with Crippen molar-refractivity contribution in [3.8, 4) is 0 Å². The zero-order chi connectivity index (χ0) is 8.54. The van der Waals surface area contributed by atoms with E-state index in [4.69, 9.17) is 4.74 Å². The van der Waals surface area contributed by atoms with Crippen molar-refractivity contribution in [1.29, 1.82) is 0 Å². The molecule has 3 heteroatoms. The Morgan fingerprint density at radius 3 is 2.27 bits per heavy atom. The summed E-state index contributed by atoms with van der Waals surface area (Å²) < 4.78 is 5.14. The molecule has 0 amide bonds. The van der Waals surface area contributed by atoms with E-state index in [0.29, 0.717) is 13.0 Å². The van der Waals surface area contributed by atoms with E-state index in [0.717, 1.165) is 12.8 Å². The molecular weight excluding hydrogens is 144 g/mol. The molecule has 2 N–H and O–H groups in total. The number of rotatable bonds is 1. The van der Waals surface area contributed by atoms with Crippen LogP contribution in [0.4, 0.5) is 0 Å². The van der Waals surface area contributed by atoms with Crippen LogP contribution in [0.3, 0.4) is 0 Å². The summed E-state index contributed by atoms with van der Waals surface area (Å²) in [6, 6.07) is 0. The Hall–Kier alpha value is -0.120. The fourth-order valence-corrected chi connectivity index (χ4v) is 1.26. The van der Waals surface area contributed by atoms with Crippen LogP contribution in [0.5, 0.6) is 0 Å². The van der Waals surface area contributed by atoms with Gasteiger partial charge in [-0.2, -0.15) is 0 Å². The Morgan fingerprint density at radius 2 is 2.00 bits per heavy atom. The van der Waals surface area contributed by atoms with E-state index < -0.39 is 11.4 Å². The molecule has 1 aliphatic heterocycles. The van der Waals surface area contributed by atoms with Crippen molar-refractivity contribution in [3.05, 3.63) is 0 Å². The monoisotopic (exact) mass is 160 g/mol. The molecule has 1 rings (SSSR count). The molecule has 0 spiro atoms. The van der Waals surface area contributed by atoms with E-state index in [-0.39, 0.29) is 0 Å². The van der Waals surface area contributed by atoms with Crippen molar-refractivity contribution in [3.63, 3.8) is 0 Å². The first-order valence-electron chi connectivity index (χ1n) is 4.04.